The summed E-state index contributed by atoms with van der Waals surface area (Å²) in [6.45, 7) is 8.87. The number of anilines is 1. The van der Waals surface area contributed by atoms with Crippen molar-refractivity contribution in [3.05, 3.63) is 22.7 Å². The summed E-state index contributed by atoms with van der Waals surface area (Å²) in [5.74, 6) is 0.700. The molecule has 0 aromatic carbocycles. The fourth-order valence-electron chi connectivity index (χ4n) is 1.81. The van der Waals surface area contributed by atoms with Gasteiger partial charge < -0.3 is 15.0 Å². The maximum atomic E-state index is 12.2. The molecule has 0 fully saturated rings. The van der Waals surface area contributed by atoms with E-state index in [1.807, 2.05) is 27.7 Å². The van der Waals surface area contributed by atoms with Gasteiger partial charge in [-0.25, -0.2) is 4.98 Å². The number of nitrogens with one attached hydrogen (secondary N) is 1. The maximum Gasteiger partial charge on any atom is 0.293 e. The van der Waals surface area contributed by atoms with E-state index in [-0.39, 0.29) is 17.7 Å². The van der Waals surface area contributed by atoms with Crippen molar-refractivity contribution in [1.29, 1.82) is 0 Å². The summed E-state index contributed by atoms with van der Waals surface area (Å²) in [5.41, 5.74) is -0.341. The van der Waals surface area contributed by atoms with E-state index in [9.17, 15) is 4.79 Å². The van der Waals surface area contributed by atoms with Crippen LogP contribution < -0.4 is 10.9 Å². The largest absolute Gasteiger partial charge is 0.396 e. The lowest BCUT2D eigenvalue weighted by molar-refractivity contribution is 0.229. The lowest BCUT2D eigenvalue weighted by Crippen LogP contribution is -2.35. The number of nitrogens with zero attached hydrogens (tertiary/aromatic N) is 2. The fraction of sp³-hybridized carbons (Fsp3) is 0.714. The first-order chi connectivity index (χ1) is 8.86. The zero-order valence-electron chi connectivity index (χ0n) is 12.3. The Morgan fingerprint density at radius 1 is 1.47 bits per heavy atom. The third-order valence-electron chi connectivity index (χ3n) is 3.04. The second-order valence-corrected chi connectivity index (χ2v) is 5.98. The molecule has 5 nitrogen and oxygen atoms in total. The third kappa shape index (κ3) is 4.67. The first-order valence-corrected chi connectivity index (χ1v) is 6.79. The highest BCUT2D eigenvalue weighted by molar-refractivity contribution is 5.30. The summed E-state index contributed by atoms with van der Waals surface area (Å²) >= 11 is 0. The molecular formula is C14H25N3O2. The van der Waals surface area contributed by atoms with Gasteiger partial charge in [-0.3, -0.25) is 4.79 Å². The van der Waals surface area contributed by atoms with Crippen molar-refractivity contribution in [3.8, 4) is 0 Å². The van der Waals surface area contributed by atoms with Crippen LogP contribution in [0.2, 0.25) is 0 Å². The third-order valence-corrected chi connectivity index (χ3v) is 3.04. The summed E-state index contributed by atoms with van der Waals surface area (Å²) in [6, 6.07) is 0. The normalized spacial score (nSPS) is 13.3. The Labute approximate surface area is 114 Å². The fourth-order valence-corrected chi connectivity index (χ4v) is 1.81. The number of aliphatic hydroxyl groups excluding tert-OH is 1. The average Bonchev–Trinajstić information content (AvgIpc) is 2.34. The summed E-state index contributed by atoms with van der Waals surface area (Å²) in [4.78, 5) is 16.3. The molecule has 0 spiro atoms. The highest BCUT2D eigenvalue weighted by atomic mass is 16.3. The molecule has 0 aliphatic rings. The molecule has 1 unspecified atom stereocenters. The molecule has 0 saturated carbocycles. The molecule has 108 valence electrons. The van der Waals surface area contributed by atoms with E-state index in [2.05, 4.69) is 10.3 Å². The SMILES string of the molecule is CC(CO)CCCNc1nccn(C(C)(C)C)c1=O. The summed E-state index contributed by atoms with van der Waals surface area (Å²) in [5, 5.41) is 12.0. The Bertz CT molecular complexity index is 449. The van der Waals surface area contributed by atoms with Gasteiger partial charge in [0.05, 0.1) is 0 Å². The van der Waals surface area contributed by atoms with Crippen molar-refractivity contribution in [2.45, 2.75) is 46.1 Å². The molecule has 1 rings (SSSR count). The van der Waals surface area contributed by atoms with Crippen molar-refractivity contribution >= 4 is 5.82 Å². The van der Waals surface area contributed by atoms with Gasteiger partial charge in [-0.15, -0.1) is 0 Å². The Morgan fingerprint density at radius 2 is 2.16 bits per heavy atom. The quantitative estimate of drug-likeness (QED) is 0.772. The maximum absolute atomic E-state index is 12.2. The lowest BCUT2D eigenvalue weighted by atomic mass is 10.1. The molecule has 2 N–H and O–H groups in total. The van der Waals surface area contributed by atoms with E-state index in [0.717, 1.165) is 12.8 Å². The first kappa shape index (κ1) is 15.7. The number of aliphatic hydroxyl groups is 1. The van der Waals surface area contributed by atoms with Crippen LogP contribution in [-0.4, -0.2) is 27.8 Å². The molecular weight excluding hydrogens is 242 g/mol. The predicted octanol–water partition coefficient (Wildman–Crippen LogP) is 1.82. The smallest absolute Gasteiger partial charge is 0.293 e. The molecule has 1 aromatic rings. The second kappa shape index (κ2) is 6.70. The summed E-state index contributed by atoms with van der Waals surface area (Å²) in [7, 11) is 0. The van der Waals surface area contributed by atoms with Gasteiger partial charge in [-0.2, -0.15) is 0 Å². The Kier molecular flexibility index (Phi) is 5.54. The van der Waals surface area contributed by atoms with E-state index in [0.29, 0.717) is 18.3 Å². The Hall–Kier alpha value is -1.36. The van der Waals surface area contributed by atoms with Crippen LogP contribution in [0, 0.1) is 5.92 Å². The van der Waals surface area contributed by atoms with Crippen molar-refractivity contribution in [2.75, 3.05) is 18.5 Å². The van der Waals surface area contributed by atoms with Crippen LogP contribution in [-0.2, 0) is 5.54 Å². The first-order valence-electron chi connectivity index (χ1n) is 6.79. The molecule has 0 amide bonds. The highest BCUT2D eigenvalue weighted by Gasteiger charge is 2.16. The minimum Gasteiger partial charge on any atom is -0.396 e. The van der Waals surface area contributed by atoms with Gasteiger partial charge >= 0.3 is 0 Å². The molecule has 0 saturated heterocycles. The zero-order chi connectivity index (χ0) is 14.5. The van der Waals surface area contributed by atoms with Crippen LogP contribution in [0.4, 0.5) is 5.82 Å². The average molecular weight is 267 g/mol. The Morgan fingerprint density at radius 3 is 2.74 bits per heavy atom. The van der Waals surface area contributed by atoms with Gasteiger partial charge in [-0.1, -0.05) is 6.92 Å². The van der Waals surface area contributed by atoms with Crippen molar-refractivity contribution in [1.82, 2.24) is 9.55 Å². The molecule has 0 bridgehead atoms. The summed E-state index contributed by atoms with van der Waals surface area (Å²) < 4.78 is 1.68. The highest BCUT2D eigenvalue weighted by Crippen LogP contribution is 2.11. The van der Waals surface area contributed by atoms with Crippen LogP contribution in [0.5, 0.6) is 0 Å². The van der Waals surface area contributed by atoms with Crippen LogP contribution in [0.15, 0.2) is 17.2 Å². The molecule has 1 aromatic heterocycles. The van der Waals surface area contributed by atoms with Gasteiger partial charge in [0.25, 0.3) is 5.56 Å². The standard InChI is InChI=1S/C14H25N3O2/c1-11(10-18)6-5-7-15-12-13(19)17(9-8-16-12)14(2,3)4/h8-9,11,18H,5-7,10H2,1-4H3,(H,15,16). The molecule has 1 heterocycles. The van der Waals surface area contributed by atoms with Crippen LogP contribution in [0.3, 0.4) is 0 Å². The molecule has 19 heavy (non-hydrogen) atoms. The van der Waals surface area contributed by atoms with E-state index in [1.165, 1.54) is 0 Å². The van der Waals surface area contributed by atoms with E-state index < -0.39 is 0 Å². The minimum atomic E-state index is -0.248. The molecule has 1 atom stereocenters. The lowest BCUT2D eigenvalue weighted by Gasteiger charge is -2.22. The molecule has 0 radical (unpaired) electrons. The molecule has 5 heteroatoms. The van der Waals surface area contributed by atoms with Gasteiger partial charge in [0.1, 0.15) is 0 Å². The second-order valence-electron chi connectivity index (χ2n) is 5.98. The predicted molar refractivity (Wildman–Crippen MR) is 77.5 cm³/mol. The van der Waals surface area contributed by atoms with Crippen molar-refractivity contribution < 1.29 is 5.11 Å². The topological polar surface area (TPSA) is 67.2 Å². The van der Waals surface area contributed by atoms with Gasteiger partial charge in [0, 0.05) is 31.1 Å². The van der Waals surface area contributed by atoms with Gasteiger partial charge in [0.15, 0.2) is 5.82 Å². The van der Waals surface area contributed by atoms with E-state index in [1.54, 1.807) is 17.0 Å². The number of hydrogen-bond acceptors (Lipinski definition) is 4. The number of aromatic nitrogens is 2. The van der Waals surface area contributed by atoms with Crippen molar-refractivity contribution in [2.24, 2.45) is 5.92 Å². The van der Waals surface area contributed by atoms with Crippen LogP contribution in [0.1, 0.15) is 40.5 Å². The minimum absolute atomic E-state index is 0.0924. The molecule has 0 aliphatic heterocycles. The van der Waals surface area contributed by atoms with Gasteiger partial charge in [-0.05, 0) is 39.5 Å². The molecule has 0 aliphatic carbocycles. The monoisotopic (exact) mass is 267 g/mol. The van der Waals surface area contributed by atoms with Gasteiger partial charge in [0.2, 0.25) is 0 Å². The summed E-state index contributed by atoms with van der Waals surface area (Å²) in [6.07, 6.45) is 5.20. The number of rotatable bonds is 6. The van der Waals surface area contributed by atoms with E-state index in [4.69, 9.17) is 5.11 Å². The van der Waals surface area contributed by atoms with E-state index >= 15 is 0 Å². The van der Waals surface area contributed by atoms with Crippen LogP contribution >= 0.6 is 0 Å². The van der Waals surface area contributed by atoms with Crippen LogP contribution in [0.25, 0.3) is 0 Å². The van der Waals surface area contributed by atoms with Crippen molar-refractivity contribution in [3.63, 3.8) is 0 Å². The zero-order valence-corrected chi connectivity index (χ0v) is 12.3. The number of hydrogen-bond donors (Lipinski definition) is 2. The Balaban J connectivity index is 2.63.